The number of hydrogen-bond donors (Lipinski definition) is 4. The quantitative estimate of drug-likeness (QED) is 0.318. The van der Waals surface area contributed by atoms with Crippen molar-refractivity contribution in [2.45, 2.75) is 37.3 Å². The van der Waals surface area contributed by atoms with Gasteiger partial charge in [-0.15, -0.1) is 0 Å². The maximum absolute atomic E-state index is 9.23. The van der Waals surface area contributed by atoms with Gasteiger partial charge in [0.15, 0.2) is 5.79 Å². The van der Waals surface area contributed by atoms with Crippen LogP contribution in [0.2, 0.25) is 0 Å². The molecule has 0 aliphatic heterocycles. The Labute approximate surface area is 58.7 Å². The Bertz CT molecular complexity index is 125. The SMILES string of the molecule is CC1(O)CCC(O)(O)C1O. The van der Waals surface area contributed by atoms with E-state index in [1.165, 1.54) is 6.92 Å². The Morgan fingerprint density at radius 1 is 1.20 bits per heavy atom. The minimum absolute atomic E-state index is 0.0150. The van der Waals surface area contributed by atoms with Crippen molar-refractivity contribution in [3.63, 3.8) is 0 Å². The minimum Gasteiger partial charge on any atom is -0.387 e. The molecule has 0 bridgehead atoms. The summed E-state index contributed by atoms with van der Waals surface area (Å²) in [5.41, 5.74) is -1.36. The van der Waals surface area contributed by atoms with Gasteiger partial charge in [0.1, 0.15) is 6.10 Å². The van der Waals surface area contributed by atoms with E-state index in [2.05, 4.69) is 0 Å². The molecule has 2 unspecified atom stereocenters. The summed E-state index contributed by atoms with van der Waals surface area (Å²) >= 11 is 0. The fraction of sp³-hybridized carbons (Fsp3) is 1.00. The third-order valence-electron chi connectivity index (χ3n) is 2.03. The van der Waals surface area contributed by atoms with Gasteiger partial charge in [-0.05, 0) is 13.3 Å². The minimum atomic E-state index is -2.11. The lowest BCUT2D eigenvalue weighted by molar-refractivity contribution is -0.233. The number of rotatable bonds is 0. The van der Waals surface area contributed by atoms with Crippen molar-refractivity contribution >= 4 is 0 Å². The van der Waals surface area contributed by atoms with Gasteiger partial charge in [-0.25, -0.2) is 0 Å². The number of aliphatic hydroxyl groups is 4. The first kappa shape index (κ1) is 7.94. The molecule has 1 saturated carbocycles. The molecule has 0 aromatic heterocycles. The highest BCUT2D eigenvalue weighted by Crippen LogP contribution is 2.35. The van der Waals surface area contributed by atoms with E-state index in [0.717, 1.165) is 0 Å². The summed E-state index contributed by atoms with van der Waals surface area (Å²) in [6, 6.07) is 0. The lowest BCUT2D eigenvalue weighted by Gasteiger charge is -2.26. The van der Waals surface area contributed by atoms with E-state index in [-0.39, 0.29) is 12.8 Å². The Balaban J connectivity index is 2.77. The molecule has 0 radical (unpaired) electrons. The molecule has 0 aromatic rings. The standard InChI is InChI=1S/C6H12O4/c1-5(8)2-3-6(9,10)4(5)7/h4,7-10H,2-3H2,1H3. The highest BCUT2D eigenvalue weighted by atomic mass is 16.5. The van der Waals surface area contributed by atoms with Crippen molar-refractivity contribution in [1.82, 2.24) is 0 Å². The van der Waals surface area contributed by atoms with Gasteiger partial charge in [-0.2, -0.15) is 0 Å². The molecule has 10 heavy (non-hydrogen) atoms. The van der Waals surface area contributed by atoms with Gasteiger partial charge in [0.2, 0.25) is 0 Å². The molecule has 0 aromatic carbocycles. The van der Waals surface area contributed by atoms with Crippen molar-refractivity contribution in [1.29, 1.82) is 0 Å². The van der Waals surface area contributed by atoms with Gasteiger partial charge in [-0.1, -0.05) is 0 Å². The second-order valence-electron chi connectivity index (χ2n) is 3.14. The molecule has 0 saturated heterocycles. The molecule has 0 heterocycles. The van der Waals surface area contributed by atoms with Crippen LogP contribution in [0, 0.1) is 0 Å². The van der Waals surface area contributed by atoms with Crippen LogP contribution in [0.15, 0.2) is 0 Å². The van der Waals surface area contributed by atoms with Crippen LogP contribution in [0.1, 0.15) is 19.8 Å². The van der Waals surface area contributed by atoms with E-state index >= 15 is 0 Å². The summed E-state index contributed by atoms with van der Waals surface area (Å²) in [6.07, 6.45) is -1.23. The van der Waals surface area contributed by atoms with Gasteiger partial charge >= 0.3 is 0 Å². The smallest absolute Gasteiger partial charge is 0.192 e. The van der Waals surface area contributed by atoms with Gasteiger partial charge in [-0.3, -0.25) is 0 Å². The second-order valence-corrected chi connectivity index (χ2v) is 3.14. The van der Waals surface area contributed by atoms with Crippen molar-refractivity contribution in [2.24, 2.45) is 0 Å². The van der Waals surface area contributed by atoms with Crippen LogP contribution < -0.4 is 0 Å². The monoisotopic (exact) mass is 148 g/mol. The van der Waals surface area contributed by atoms with Gasteiger partial charge in [0.25, 0.3) is 0 Å². The average Bonchev–Trinajstić information content (AvgIpc) is 1.95. The summed E-state index contributed by atoms with van der Waals surface area (Å²) < 4.78 is 0. The summed E-state index contributed by atoms with van der Waals surface area (Å²) in [5.74, 6) is -2.11. The predicted molar refractivity (Wildman–Crippen MR) is 33.0 cm³/mol. The Hall–Kier alpha value is -0.160. The maximum atomic E-state index is 9.23. The number of hydrogen-bond acceptors (Lipinski definition) is 4. The van der Waals surface area contributed by atoms with Gasteiger partial charge < -0.3 is 20.4 Å². The molecule has 1 fully saturated rings. The summed E-state index contributed by atoms with van der Waals surface area (Å²) in [6.45, 7) is 1.38. The van der Waals surface area contributed by atoms with Crippen LogP contribution in [0.25, 0.3) is 0 Å². The molecule has 4 nitrogen and oxygen atoms in total. The van der Waals surface area contributed by atoms with Gasteiger partial charge in [0.05, 0.1) is 5.60 Å². The third-order valence-corrected chi connectivity index (χ3v) is 2.03. The van der Waals surface area contributed by atoms with Crippen LogP contribution in [-0.4, -0.2) is 37.9 Å². The van der Waals surface area contributed by atoms with E-state index in [4.69, 9.17) is 15.3 Å². The topological polar surface area (TPSA) is 80.9 Å². The summed E-state index contributed by atoms with van der Waals surface area (Å²) in [5, 5.41) is 36.2. The molecule has 4 heteroatoms. The molecular weight excluding hydrogens is 136 g/mol. The highest BCUT2D eigenvalue weighted by molar-refractivity contribution is 4.98. The lowest BCUT2D eigenvalue weighted by atomic mass is 10.0. The van der Waals surface area contributed by atoms with Crippen LogP contribution >= 0.6 is 0 Å². The molecule has 60 valence electrons. The molecule has 2 atom stereocenters. The second kappa shape index (κ2) is 1.92. The first-order valence-electron chi connectivity index (χ1n) is 3.21. The molecular formula is C6H12O4. The van der Waals surface area contributed by atoms with E-state index in [0.29, 0.717) is 0 Å². The predicted octanol–water partition coefficient (Wildman–Crippen LogP) is -1.43. The van der Waals surface area contributed by atoms with Crippen molar-refractivity contribution < 1.29 is 20.4 Å². The molecule has 1 aliphatic rings. The first-order valence-corrected chi connectivity index (χ1v) is 3.21. The summed E-state index contributed by atoms with van der Waals surface area (Å²) in [4.78, 5) is 0. The normalized spacial score (nSPS) is 45.9. The molecule has 1 rings (SSSR count). The maximum Gasteiger partial charge on any atom is 0.192 e. The first-order chi connectivity index (χ1) is 4.36. The Morgan fingerprint density at radius 2 is 1.70 bits per heavy atom. The fourth-order valence-corrected chi connectivity index (χ4v) is 1.21. The third kappa shape index (κ3) is 1.03. The lowest BCUT2D eigenvalue weighted by Crippen LogP contribution is -2.47. The fourth-order valence-electron chi connectivity index (χ4n) is 1.21. The van der Waals surface area contributed by atoms with Crippen molar-refractivity contribution in [3.8, 4) is 0 Å². The van der Waals surface area contributed by atoms with E-state index in [1.54, 1.807) is 0 Å². The van der Waals surface area contributed by atoms with Crippen LogP contribution in [0.3, 0.4) is 0 Å². The summed E-state index contributed by atoms with van der Waals surface area (Å²) in [7, 11) is 0. The zero-order chi connectivity index (χ0) is 7.99. The Morgan fingerprint density at radius 3 is 1.80 bits per heavy atom. The van der Waals surface area contributed by atoms with E-state index in [9.17, 15) is 5.11 Å². The molecule has 0 amide bonds. The van der Waals surface area contributed by atoms with Crippen molar-refractivity contribution in [2.75, 3.05) is 0 Å². The molecule has 4 N–H and O–H groups in total. The zero-order valence-corrected chi connectivity index (χ0v) is 5.78. The largest absolute Gasteiger partial charge is 0.387 e. The number of aliphatic hydroxyl groups excluding tert-OH is 1. The van der Waals surface area contributed by atoms with Crippen LogP contribution in [0.5, 0.6) is 0 Å². The highest BCUT2D eigenvalue weighted by Gasteiger charge is 2.51. The molecule has 0 spiro atoms. The van der Waals surface area contributed by atoms with Crippen molar-refractivity contribution in [3.05, 3.63) is 0 Å². The van der Waals surface area contributed by atoms with E-state index in [1.807, 2.05) is 0 Å². The van der Waals surface area contributed by atoms with Gasteiger partial charge in [0, 0.05) is 6.42 Å². The van der Waals surface area contributed by atoms with E-state index < -0.39 is 17.5 Å². The zero-order valence-electron chi connectivity index (χ0n) is 5.78. The van der Waals surface area contributed by atoms with Crippen LogP contribution in [-0.2, 0) is 0 Å². The molecule has 1 aliphatic carbocycles. The van der Waals surface area contributed by atoms with Crippen LogP contribution in [0.4, 0.5) is 0 Å². The average molecular weight is 148 g/mol. The Kier molecular flexibility index (Phi) is 1.52.